The third-order valence-electron chi connectivity index (χ3n) is 4.09. The summed E-state index contributed by atoms with van der Waals surface area (Å²) < 4.78 is 3.66. The van der Waals surface area contributed by atoms with E-state index in [1.165, 1.54) is 51.4 Å². The summed E-state index contributed by atoms with van der Waals surface area (Å²) in [6.45, 7) is 7.09. The van der Waals surface area contributed by atoms with E-state index in [-0.39, 0.29) is 0 Å². The van der Waals surface area contributed by atoms with E-state index in [0.717, 1.165) is 15.8 Å². The van der Waals surface area contributed by atoms with Gasteiger partial charge in [-0.05, 0) is 31.1 Å². The van der Waals surface area contributed by atoms with Crippen LogP contribution < -0.4 is 0 Å². The van der Waals surface area contributed by atoms with Crippen LogP contribution >= 0.6 is 20.7 Å². The molecular formula is C15H29I. The fourth-order valence-electron chi connectivity index (χ4n) is 2.53. The number of hydrogen-bond acceptors (Lipinski definition) is 0. The highest BCUT2D eigenvalue weighted by Gasteiger charge is 2.18. The molecule has 0 radical (unpaired) electrons. The Balaban J connectivity index is 2.08. The lowest BCUT2D eigenvalue weighted by molar-refractivity contribution is 0.261. The van der Waals surface area contributed by atoms with E-state index in [0.29, 0.717) is 20.7 Å². The van der Waals surface area contributed by atoms with E-state index in [1.807, 2.05) is 0 Å². The lowest BCUT2D eigenvalue weighted by atomic mass is 9.79. The minimum atomic E-state index is 0.396. The average molecular weight is 336 g/mol. The molecule has 1 saturated carbocycles. The van der Waals surface area contributed by atoms with Crippen molar-refractivity contribution >= 4 is 24.7 Å². The normalized spacial score (nSPS) is 28.9. The highest BCUT2D eigenvalue weighted by Crippen LogP contribution is 2.32. The molecule has 1 aliphatic rings. The summed E-state index contributed by atoms with van der Waals surface area (Å²) >= 11 is 0.396. The molecule has 1 fully saturated rings. The first kappa shape index (κ1) is 14.7. The molecule has 0 bridgehead atoms. The molecule has 0 nitrogen and oxygen atoms in total. The van der Waals surface area contributed by atoms with E-state index in [9.17, 15) is 0 Å². The minimum absolute atomic E-state index is 0.396. The summed E-state index contributed by atoms with van der Waals surface area (Å²) in [5.41, 5.74) is 0. The quantitative estimate of drug-likeness (QED) is 0.440. The van der Waals surface area contributed by atoms with Crippen molar-refractivity contribution < 1.29 is 0 Å². The van der Waals surface area contributed by atoms with Crippen LogP contribution in [0.1, 0.15) is 72.1 Å². The summed E-state index contributed by atoms with van der Waals surface area (Å²) in [7, 11) is 0. The Labute approximate surface area is 112 Å². The van der Waals surface area contributed by atoms with Gasteiger partial charge >= 0.3 is 0 Å². The van der Waals surface area contributed by atoms with Gasteiger partial charge in [0.1, 0.15) is 0 Å². The second kappa shape index (κ2) is 8.66. The predicted molar refractivity (Wildman–Crippen MR) is 84.8 cm³/mol. The zero-order chi connectivity index (χ0) is 11.8. The fourth-order valence-corrected chi connectivity index (χ4v) is 4.63. The van der Waals surface area contributed by atoms with Gasteiger partial charge in [0, 0.05) is 3.92 Å². The van der Waals surface area contributed by atoms with Crippen LogP contribution in [0.15, 0.2) is 0 Å². The molecule has 0 heterocycles. The highest BCUT2D eigenvalue weighted by molar-refractivity contribution is 14.2. The number of rotatable bonds is 6. The van der Waals surface area contributed by atoms with Gasteiger partial charge < -0.3 is 0 Å². The SMILES string of the molecule is CCC1CCC(CCC=IC(C)CC)CC1. The van der Waals surface area contributed by atoms with Crippen molar-refractivity contribution in [1.29, 1.82) is 0 Å². The van der Waals surface area contributed by atoms with Crippen molar-refractivity contribution in [3.63, 3.8) is 0 Å². The van der Waals surface area contributed by atoms with Crippen LogP contribution in [0.3, 0.4) is 0 Å². The number of alkyl halides is 1. The Kier molecular flexibility index (Phi) is 7.93. The molecule has 1 atom stereocenters. The standard InChI is InChI=1S/C15H29I/c1-4-13(3)16-12-6-7-15-10-8-14(5-2)9-11-15/h12-15H,4-11H2,1-3H3. The van der Waals surface area contributed by atoms with Crippen LogP contribution in [0.25, 0.3) is 0 Å². The van der Waals surface area contributed by atoms with Crippen molar-refractivity contribution in [3.05, 3.63) is 0 Å². The second-order valence-electron chi connectivity index (χ2n) is 5.34. The van der Waals surface area contributed by atoms with Crippen molar-refractivity contribution in [2.75, 3.05) is 0 Å². The number of halogens is 1. The smallest absolute Gasteiger partial charge is 0.00283 e. The highest BCUT2D eigenvalue weighted by atomic mass is 127. The van der Waals surface area contributed by atoms with Crippen LogP contribution in [-0.2, 0) is 0 Å². The molecule has 1 heteroatoms. The average Bonchev–Trinajstić information content (AvgIpc) is 2.35. The first-order chi connectivity index (χ1) is 7.76. The number of hydrogen-bond donors (Lipinski definition) is 0. The van der Waals surface area contributed by atoms with Gasteiger partial charge in [0.15, 0.2) is 0 Å². The molecule has 1 aliphatic carbocycles. The topological polar surface area (TPSA) is 0 Å². The molecule has 0 aromatic rings. The van der Waals surface area contributed by atoms with Gasteiger partial charge in [-0.15, -0.1) is 20.7 Å². The summed E-state index contributed by atoms with van der Waals surface area (Å²) in [5, 5.41) is 0. The molecule has 96 valence electrons. The molecule has 16 heavy (non-hydrogen) atoms. The molecule has 0 aromatic heterocycles. The molecule has 0 aromatic carbocycles. The van der Waals surface area contributed by atoms with Crippen molar-refractivity contribution in [2.24, 2.45) is 11.8 Å². The van der Waals surface area contributed by atoms with Crippen molar-refractivity contribution in [3.8, 4) is 0 Å². The Morgan fingerprint density at radius 2 is 1.75 bits per heavy atom. The van der Waals surface area contributed by atoms with Gasteiger partial charge in [0.05, 0.1) is 0 Å². The Morgan fingerprint density at radius 1 is 1.12 bits per heavy atom. The molecule has 1 rings (SSSR count). The Bertz CT molecular complexity index is 190. The largest absolute Gasteiger partial charge is 0.124 e. The lowest BCUT2D eigenvalue weighted by Crippen LogP contribution is -2.13. The fraction of sp³-hybridized carbons (Fsp3) is 0.933. The molecule has 0 N–H and O–H groups in total. The minimum Gasteiger partial charge on any atom is -0.124 e. The van der Waals surface area contributed by atoms with E-state index in [4.69, 9.17) is 0 Å². The van der Waals surface area contributed by atoms with Gasteiger partial charge in [-0.3, -0.25) is 0 Å². The summed E-state index contributed by atoms with van der Waals surface area (Å²) in [4.78, 5) is 0. The monoisotopic (exact) mass is 336 g/mol. The van der Waals surface area contributed by atoms with Gasteiger partial charge in [-0.1, -0.05) is 56.9 Å². The maximum atomic E-state index is 2.65. The third kappa shape index (κ3) is 5.79. The van der Waals surface area contributed by atoms with Crippen molar-refractivity contribution in [1.82, 2.24) is 0 Å². The summed E-state index contributed by atoms with van der Waals surface area (Å²) in [6, 6.07) is 0. The predicted octanol–water partition coefficient (Wildman–Crippen LogP) is 5.55. The van der Waals surface area contributed by atoms with Crippen molar-refractivity contribution in [2.45, 2.75) is 76.1 Å². The molecular weight excluding hydrogens is 307 g/mol. The van der Waals surface area contributed by atoms with E-state index < -0.39 is 0 Å². The van der Waals surface area contributed by atoms with Gasteiger partial charge in [-0.2, -0.15) is 0 Å². The van der Waals surface area contributed by atoms with Gasteiger partial charge in [0.25, 0.3) is 0 Å². The van der Waals surface area contributed by atoms with Crippen LogP contribution in [0.5, 0.6) is 0 Å². The summed E-state index contributed by atoms with van der Waals surface area (Å²) in [5.74, 6) is 2.13. The Morgan fingerprint density at radius 3 is 2.31 bits per heavy atom. The zero-order valence-corrected chi connectivity index (χ0v) is 13.5. The maximum Gasteiger partial charge on any atom is 0.00283 e. The van der Waals surface area contributed by atoms with Crippen LogP contribution in [0.2, 0.25) is 0 Å². The molecule has 0 aliphatic heterocycles. The Hall–Kier alpha value is 0.600. The first-order valence-corrected chi connectivity index (χ1v) is 9.69. The molecule has 0 saturated heterocycles. The lowest BCUT2D eigenvalue weighted by Gasteiger charge is -2.27. The van der Waals surface area contributed by atoms with Crippen LogP contribution in [0.4, 0.5) is 0 Å². The maximum absolute atomic E-state index is 2.65. The summed E-state index contributed by atoms with van der Waals surface area (Å²) in [6.07, 6.45) is 11.8. The van der Waals surface area contributed by atoms with E-state index >= 15 is 0 Å². The first-order valence-electron chi connectivity index (χ1n) is 7.19. The van der Waals surface area contributed by atoms with E-state index in [2.05, 4.69) is 24.8 Å². The molecule has 0 spiro atoms. The van der Waals surface area contributed by atoms with Crippen LogP contribution in [-0.4, -0.2) is 7.94 Å². The van der Waals surface area contributed by atoms with E-state index in [1.54, 1.807) is 0 Å². The van der Waals surface area contributed by atoms with Crippen LogP contribution in [0, 0.1) is 11.8 Å². The molecule has 0 amide bonds. The zero-order valence-electron chi connectivity index (χ0n) is 11.3. The van der Waals surface area contributed by atoms with Gasteiger partial charge in [0.2, 0.25) is 0 Å². The molecule has 1 unspecified atom stereocenters. The van der Waals surface area contributed by atoms with Gasteiger partial charge in [-0.25, -0.2) is 0 Å². The second-order valence-corrected chi connectivity index (χ2v) is 9.07. The third-order valence-corrected chi connectivity index (χ3v) is 7.33.